The Morgan fingerprint density at radius 1 is 1.12 bits per heavy atom. The normalized spacial score (nSPS) is 10.5. The Balaban J connectivity index is 2.58. The van der Waals surface area contributed by atoms with E-state index >= 15 is 0 Å². The molecule has 0 atom stereocenters. The zero-order valence-corrected chi connectivity index (χ0v) is 9.86. The lowest BCUT2D eigenvalue weighted by molar-refractivity contribution is 0.337. The highest BCUT2D eigenvalue weighted by Crippen LogP contribution is 2.27. The van der Waals surface area contributed by atoms with Gasteiger partial charge >= 0.3 is 5.63 Å². The van der Waals surface area contributed by atoms with Crippen molar-refractivity contribution < 1.29 is 13.9 Å². The van der Waals surface area contributed by atoms with Gasteiger partial charge in [-0.15, -0.1) is 0 Å². The zero-order chi connectivity index (χ0) is 12.3. The van der Waals surface area contributed by atoms with Gasteiger partial charge in [-0.05, 0) is 26.0 Å². The van der Waals surface area contributed by atoms with Crippen molar-refractivity contribution in [2.75, 3.05) is 13.2 Å². The Morgan fingerprint density at radius 2 is 1.88 bits per heavy atom. The van der Waals surface area contributed by atoms with Crippen molar-refractivity contribution in [2.24, 2.45) is 0 Å². The van der Waals surface area contributed by atoms with Gasteiger partial charge in [-0.1, -0.05) is 0 Å². The lowest BCUT2D eigenvalue weighted by Gasteiger charge is -2.07. The second kappa shape index (κ2) is 4.91. The minimum atomic E-state index is -0.422. The largest absolute Gasteiger partial charge is 0.494 e. The molecule has 0 aliphatic heterocycles. The highest BCUT2D eigenvalue weighted by molar-refractivity contribution is 5.84. The lowest BCUT2D eigenvalue weighted by atomic mass is 10.2. The number of hydrogen-bond donors (Lipinski definition) is 0. The maximum Gasteiger partial charge on any atom is 0.339 e. The summed E-state index contributed by atoms with van der Waals surface area (Å²) in [6.45, 7) is 4.85. The molecule has 0 aliphatic rings. The maximum atomic E-state index is 11.4. The minimum absolute atomic E-state index is 0.422. The fraction of sp³-hybridized carbons (Fsp3) is 0.308. The maximum absolute atomic E-state index is 11.4. The standard InChI is InChI=1S/C13H14O4/c1-3-15-9-5-6-10-11(16-4-2)8-13(14)17-12(10)7-9/h5-8H,3-4H2,1-2H3. The summed E-state index contributed by atoms with van der Waals surface area (Å²) in [6, 6.07) is 6.71. The van der Waals surface area contributed by atoms with E-state index in [1.807, 2.05) is 26.0 Å². The molecule has 0 radical (unpaired) electrons. The van der Waals surface area contributed by atoms with Crippen LogP contribution < -0.4 is 15.1 Å². The van der Waals surface area contributed by atoms with E-state index in [-0.39, 0.29) is 0 Å². The smallest absolute Gasteiger partial charge is 0.339 e. The molecule has 4 nitrogen and oxygen atoms in total. The predicted octanol–water partition coefficient (Wildman–Crippen LogP) is 2.59. The number of fused-ring (bicyclic) bond motifs is 1. The van der Waals surface area contributed by atoms with Gasteiger partial charge in [0.1, 0.15) is 17.1 Å². The van der Waals surface area contributed by atoms with Gasteiger partial charge in [-0.2, -0.15) is 0 Å². The van der Waals surface area contributed by atoms with Gasteiger partial charge in [0.15, 0.2) is 0 Å². The third kappa shape index (κ3) is 2.41. The molecule has 0 bridgehead atoms. The SMILES string of the molecule is CCOc1ccc2c(OCC)cc(=O)oc2c1. The van der Waals surface area contributed by atoms with Crippen LogP contribution in [-0.2, 0) is 0 Å². The summed E-state index contributed by atoms with van der Waals surface area (Å²) in [5.41, 5.74) is 0.0569. The van der Waals surface area contributed by atoms with Crippen LogP contribution in [0.25, 0.3) is 11.0 Å². The molecule has 4 heteroatoms. The van der Waals surface area contributed by atoms with E-state index in [2.05, 4.69) is 0 Å². The van der Waals surface area contributed by atoms with Gasteiger partial charge < -0.3 is 13.9 Å². The predicted molar refractivity (Wildman–Crippen MR) is 64.8 cm³/mol. The summed E-state index contributed by atoms with van der Waals surface area (Å²) in [7, 11) is 0. The lowest BCUT2D eigenvalue weighted by Crippen LogP contribution is -2.01. The zero-order valence-electron chi connectivity index (χ0n) is 9.86. The number of ether oxygens (including phenoxy) is 2. The molecule has 0 spiro atoms. The Hall–Kier alpha value is -1.97. The van der Waals surface area contributed by atoms with Gasteiger partial charge in [-0.25, -0.2) is 4.79 Å². The van der Waals surface area contributed by atoms with E-state index in [0.717, 1.165) is 5.39 Å². The fourth-order valence-electron chi connectivity index (χ4n) is 1.64. The van der Waals surface area contributed by atoms with E-state index in [9.17, 15) is 4.79 Å². The highest BCUT2D eigenvalue weighted by atomic mass is 16.5. The summed E-state index contributed by atoms with van der Waals surface area (Å²) >= 11 is 0. The summed E-state index contributed by atoms with van der Waals surface area (Å²) < 4.78 is 15.9. The van der Waals surface area contributed by atoms with E-state index in [0.29, 0.717) is 30.3 Å². The van der Waals surface area contributed by atoms with Crippen molar-refractivity contribution >= 4 is 11.0 Å². The molecule has 2 aromatic rings. The Kier molecular flexibility index (Phi) is 3.32. The van der Waals surface area contributed by atoms with Gasteiger partial charge in [0.2, 0.25) is 0 Å². The molecule has 17 heavy (non-hydrogen) atoms. The first-order valence-electron chi connectivity index (χ1n) is 5.58. The number of benzene rings is 1. The topological polar surface area (TPSA) is 48.7 Å². The molecule has 1 aromatic carbocycles. The molecule has 2 rings (SSSR count). The molecule has 90 valence electrons. The van der Waals surface area contributed by atoms with E-state index in [4.69, 9.17) is 13.9 Å². The molecule has 1 heterocycles. The Morgan fingerprint density at radius 3 is 2.59 bits per heavy atom. The van der Waals surface area contributed by atoms with Crippen molar-refractivity contribution in [2.45, 2.75) is 13.8 Å². The van der Waals surface area contributed by atoms with Crippen molar-refractivity contribution in [1.29, 1.82) is 0 Å². The monoisotopic (exact) mass is 234 g/mol. The first kappa shape index (κ1) is 11.5. The van der Waals surface area contributed by atoms with E-state index < -0.39 is 5.63 Å². The molecule has 0 N–H and O–H groups in total. The summed E-state index contributed by atoms with van der Waals surface area (Å²) in [6.07, 6.45) is 0. The Labute approximate surface area is 98.8 Å². The Bertz CT molecular complexity index is 571. The average molecular weight is 234 g/mol. The quantitative estimate of drug-likeness (QED) is 0.763. The molecule has 0 saturated heterocycles. The molecule has 0 saturated carbocycles. The molecule has 0 fully saturated rings. The van der Waals surface area contributed by atoms with Gasteiger partial charge in [0, 0.05) is 6.07 Å². The molecule has 0 unspecified atom stereocenters. The van der Waals surface area contributed by atoms with Gasteiger partial charge in [-0.3, -0.25) is 0 Å². The minimum Gasteiger partial charge on any atom is -0.494 e. The van der Waals surface area contributed by atoms with Crippen LogP contribution in [0.4, 0.5) is 0 Å². The molecule has 1 aromatic heterocycles. The van der Waals surface area contributed by atoms with Crippen LogP contribution in [0.3, 0.4) is 0 Å². The molecular weight excluding hydrogens is 220 g/mol. The van der Waals surface area contributed by atoms with E-state index in [1.165, 1.54) is 6.07 Å². The van der Waals surface area contributed by atoms with Crippen LogP contribution >= 0.6 is 0 Å². The van der Waals surface area contributed by atoms with E-state index in [1.54, 1.807) is 6.07 Å². The van der Waals surface area contributed by atoms with Crippen LogP contribution in [0.2, 0.25) is 0 Å². The summed E-state index contributed by atoms with van der Waals surface area (Å²) in [5, 5.41) is 0.773. The van der Waals surface area contributed by atoms with Crippen molar-refractivity contribution in [3.05, 3.63) is 34.7 Å². The average Bonchev–Trinajstić information content (AvgIpc) is 2.29. The van der Waals surface area contributed by atoms with Crippen LogP contribution in [0.1, 0.15) is 13.8 Å². The van der Waals surface area contributed by atoms with Crippen molar-refractivity contribution in [3.8, 4) is 11.5 Å². The van der Waals surface area contributed by atoms with Crippen LogP contribution in [0, 0.1) is 0 Å². The van der Waals surface area contributed by atoms with Gasteiger partial charge in [0.25, 0.3) is 0 Å². The first-order valence-corrected chi connectivity index (χ1v) is 5.58. The first-order chi connectivity index (χ1) is 8.24. The third-order valence-corrected chi connectivity index (χ3v) is 2.29. The van der Waals surface area contributed by atoms with Crippen molar-refractivity contribution in [3.63, 3.8) is 0 Å². The highest BCUT2D eigenvalue weighted by Gasteiger charge is 2.07. The molecule has 0 amide bonds. The second-order valence-electron chi connectivity index (χ2n) is 3.45. The summed E-state index contributed by atoms with van der Waals surface area (Å²) in [5.74, 6) is 1.22. The molecular formula is C13H14O4. The van der Waals surface area contributed by atoms with Gasteiger partial charge in [0.05, 0.1) is 24.7 Å². The summed E-state index contributed by atoms with van der Waals surface area (Å²) in [4.78, 5) is 11.4. The number of hydrogen-bond acceptors (Lipinski definition) is 4. The third-order valence-electron chi connectivity index (χ3n) is 2.29. The second-order valence-corrected chi connectivity index (χ2v) is 3.45. The fourth-order valence-corrected chi connectivity index (χ4v) is 1.64. The number of rotatable bonds is 4. The van der Waals surface area contributed by atoms with Crippen LogP contribution in [-0.4, -0.2) is 13.2 Å². The van der Waals surface area contributed by atoms with Crippen LogP contribution in [0.5, 0.6) is 11.5 Å². The molecule has 0 aliphatic carbocycles. The van der Waals surface area contributed by atoms with Crippen LogP contribution in [0.15, 0.2) is 33.5 Å². The van der Waals surface area contributed by atoms with Crippen molar-refractivity contribution in [1.82, 2.24) is 0 Å².